The molecule has 4 aromatic rings. The molecule has 12 nitrogen and oxygen atoms in total. The summed E-state index contributed by atoms with van der Waals surface area (Å²) < 4.78 is 0. The van der Waals surface area contributed by atoms with Crippen LogP contribution in [-0.4, -0.2) is 63.9 Å². The number of hydrogen-bond donors (Lipinski definition) is 7. The van der Waals surface area contributed by atoms with Gasteiger partial charge in [-0.2, -0.15) is 0 Å². The highest BCUT2D eigenvalue weighted by Crippen LogP contribution is 2.31. The lowest BCUT2D eigenvalue weighted by atomic mass is 9.98. The minimum absolute atomic E-state index is 0.0439. The van der Waals surface area contributed by atoms with Crippen LogP contribution < -0.4 is 27.0 Å². The Hall–Kier alpha value is -5.91. The van der Waals surface area contributed by atoms with Gasteiger partial charge in [-0.05, 0) is 53.0 Å². The van der Waals surface area contributed by atoms with Crippen LogP contribution in [-0.2, 0) is 32.0 Å². The number of carbonyl (C=O) groups is 5. The van der Waals surface area contributed by atoms with E-state index in [4.69, 9.17) is 5.73 Å². The predicted octanol–water partition coefficient (Wildman–Crippen LogP) is 3.48. The molecule has 5 amide bonds. The zero-order valence-electron chi connectivity index (χ0n) is 29.8. The molecule has 0 aromatic heterocycles. The molecule has 0 aliphatic carbocycles. The van der Waals surface area contributed by atoms with Crippen molar-refractivity contribution in [3.05, 3.63) is 108 Å². The van der Waals surface area contributed by atoms with Crippen LogP contribution in [0.25, 0.3) is 10.8 Å². The molecule has 0 saturated heterocycles. The third kappa shape index (κ3) is 10.5. The number of rotatable bonds is 16. The highest BCUT2D eigenvalue weighted by molar-refractivity contribution is 6.04. The zero-order valence-corrected chi connectivity index (χ0v) is 29.8. The van der Waals surface area contributed by atoms with E-state index >= 15 is 0 Å². The van der Waals surface area contributed by atoms with Gasteiger partial charge in [-0.1, -0.05) is 100 Å². The van der Waals surface area contributed by atoms with Gasteiger partial charge in [0.15, 0.2) is 0 Å². The highest BCUT2D eigenvalue weighted by Gasteiger charge is 2.33. The summed E-state index contributed by atoms with van der Waals surface area (Å²) in [6, 6.07) is 21.2. The Morgan fingerprint density at radius 1 is 0.615 bits per heavy atom. The summed E-state index contributed by atoms with van der Waals surface area (Å²) in [5, 5.41) is 32.6. The van der Waals surface area contributed by atoms with Gasteiger partial charge < -0.3 is 37.2 Å². The number of amides is 5. The predicted molar refractivity (Wildman–Crippen MR) is 198 cm³/mol. The van der Waals surface area contributed by atoms with Gasteiger partial charge in [0.1, 0.15) is 35.7 Å². The molecule has 4 aromatic carbocycles. The lowest BCUT2D eigenvalue weighted by Gasteiger charge is -2.28. The number of phenols is 2. The fraction of sp³-hybridized carbons (Fsp3) is 0.325. The van der Waals surface area contributed by atoms with Crippen molar-refractivity contribution in [1.29, 1.82) is 0 Å². The molecular weight excluding hydrogens is 662 g/mol. The van der Waals surface area contributed by atoms with Crippen LogP contribution in [0.5, 0.6) is 11.5 Å². The highest BCUT2D eigenvalue weighted by atomic mass is 16.3. The minimum Gasteiger partial charge on any atom is -0.507 e. The maximum absolute atomic E-state index is 13.9. The lowest BCUT2D eigenvalue weighted by Crippen LogP contribution is -2.60. The van der Waals surface area contributed by atoms with Gasteiger partial charge in [-0.3, -0.25) is 24.0 Å². The first-order valence-corrected chi connectivity index (χ1v) is 17.3. The second-order valence-electron chi connectivity index (χ2n) is 13.7. The Morgan fingerprint density at radius 3 is 1.73 bits per heavy atom. The van der Waals surface area contributed by atoms with Crippen molar-refractivity contribution in [1.82, 2.24) is 21.3 Å². The van der Waals surface area contributed by atoms with E-state index in [0.29, 0.717) is 10.8 Å². The molecule has 0 aliphatic rings. The molecule has 52 heavy (non-hydrogen) atoms. The molecule has 4 rings (SSSR count). The van der Waals surface area contributed by atoms with Crippen LogP contribution in [0.1, 0.15) is 55.6 Å². The van der Waals surface area contributed by atoms with Crippen LogP contribution in [0, 0.1) is 11.8 Å². The zero-order chi connectivity index (χ0) is 37.9. The van der Waals surface area contributed by atoms with Gasteiger partial charge in [0.2, 0.25) is 23.6 Å². The van der Waals surface area contributed by atoms with Crippen molar-refractivity contribution in [3.63, 3.8) is 0 Å². The van der Waals surface area contributed by atoms with E-state index < -0.39 is 59.6 Å². The summed E-state index contributed by atoms with van der Waals surface area (Å²) in [4.78, 5) is 67.2. The minimum atomic E-state index is -1.13. The lowest BCUT2D eigenvalue weighted by molar-refractivity contribution is -0.134. The fourth-order valence-corrected chi connectivity index (χ4v) is 5.87. The van der Waals surface area contributed by atoms with E-state index in [1.807, 2.05) is 50.2 Å². The van der Waals surface area contributed by atoms with E-state index in [0.717, 1.165) is 11.1 Å². The van der Waals surface area contributed by atoms with Crippen molar-refractivity contribution in [2.75, 3.05) is 0 Å². The third-order valence-corrected chi connectivity index (χ3v) is 8.65. The molecule has 0 spiro atoms. The number of aromatic hydroxyl groups is 2. The maximum atomic E-state index is 13.9. The number of hydrogen-bond acceptors (Lipinski definition) is 7. The summed E-state index contributed by atoms with van der Waals surface area (Å²) in [5.74, 6) is -4.26. The van der Waals surface area contributed by atoms with Crippen molar-refractivity contribution in [3.8, 4) is 11.5 Å². The van der Waals surface area contributed by atoms with Crippen molar-refractivity contribution in [2.45, 2.75) is 71.1 Å². The van der Waals surface area contributed by atoms with Gasteiger partial charge in [-0.15, -0.1) is 0 Å². The maximum Gasteiger partial charge on any atom is 0.255 e. The molecular formula is C40H47N5O7. The van der Waals surface area contributed by atoms with Crippen LogP contribution in [0.15, 0.2) is 91.0 Å². The summed E-state index contributed by atoms with van der Waals surface area (Å²) in [5.41, 5.74) is 7.11. The summed E-state index contributed by atoms with van der Waals surface area (Å²) in [6.45, 7) is 7.22. The first kappa shape index (κ1) is 38.9. The molecule has 0 aliphatic heterocycles. The van der Waals surface area contributed by atoms with Gasteiger partial charge >= 0.3 is 0 Å². The number of fused-ring (bicyclic) bond motifs is 1. The largest absolute Gasteiger partial charge is 0.507 e. The number of carbonyl (C=O) groups excluding carboxylic acids is 5. The van der Waals surface area contributed by atoms with Crippen LogP contribution in [0.3, 0.4) is 0 Å². The van der Waals surface area contributed by atoms with E-state index in [9.17, 15) is 34.2 Å². The topological polar surface area (TPSA) is 200 Å². The molecule has 0 saturated carbocycles. The Bertz CT molecular complexity index is 1880. The van der Waals surface area contributed by atoms with Gasteiger partial charge in [0.05, 0.1) is 5.56 Å². The molecule has 12 heteroatoms. The number of primary amides is 1. The number of phenolic OH excluding ortho intramolecular Hbond substituents is 2. The van der Waals surface area contributed by atoms with E-state index in [-0.39, 0.29) is 42.2 Å². The Morgan fingerprint density at radius 2 is 1.17 bits per heavy atom. The molecule has 0 radical (unpaired) electrons. The Balaban J connectivity index is 1.53. The average molecular weight is 710 g/mol. The second kappa shape index (κ2) is 17.8. The van der Waals surface area contributed by atoms with Crippen molar-refractivity contribution >= 4 is 40.3 Å². The normalized spacial score (nSPS) is 13.5. The SMILES string of the molecule is CC(C)C[C@@H](NC(=O)c1cc2cccc(O)c2cc1O)C(=O)N[C@@H](C(=O)N[C@H](Cc1ccccc1)C(=O)N[C@H](Cc1ccccc1)C(N)=O)C(C)C. The monoisotopic (exact) mass is 709 g/mol. The third-order valence-electron chi connectivity index (χ3n) is 8.65. The summed E-state index contributed by atoms with van der Waals surface area (Å²) in [7, 11) is 0. The summed E-state index contributed by atoms with van der Waals surface area (Å²) in [6.07, 6.45) is 0.460. The first-order chi connectivity index (χ1) is 24.7. The molecule has 0 unspecified atom stereocenters. The average Bonchev–Trinajstić information content (AvgIpc) is 3.10. The number of nitrogens with two attached hydrogens (primary N) is 1. The molecule has 274 valence electrons. The Labute approximate surface area is 303 Å². The molecule has 0 heterocycles. The van der Waals surface area contributed by atoms with Crippen molar-refractivity contribution in [2.24, 2.45) is 17.6 Å². The first-order valence-electron chi connectivity index (χ1n) is 17.3. The van der Waals surface area contributed by atoms with Crippen molar-refractivity contribution < 1.29 is 34.2 Å². The molecule has 4 atom stereocenters. The number of benzene rings is 4. The summed E-state index contributed by atoms with van der Waals surface area (Å²) >= 11 is 0. The van der Waals surface area contributed by atoms with Gasteiger partial charge in [0.25, 0.3) is 5.91 Å². The quantitative estimate of drug-likeness (QED) is 0.0924. The van der Waals surface area contributed by atoms with Gasteiger partial charge in [0, 0.05) is 18.2 Å². The molecule has 8 N–H and O–H groups in total. The van der Waals surface area contributed by atoms with Gasteiger partial charge in [-0.25, -0.2) is 0 Å². The van der Waals surface area contributed by atoms with Crippen LogP contribution in [0.2, 0.25) is 0 Å². The van der Waals surface area contributed by atoms with E-state index in [1.54, 1.807) is 50.2 Å². The standard InChI is InChI=1S/C40H47N5O7/c1-23(2)18-31(43-37(49)29-21-27-16-11-17-33(46)28(27)22-34(29)47)39(51)45-35(24(3)4)40(52)44-32(20-26-14-9-6-10-15-26)38(50)42-30(36(41)48)19-25-12-7-5-8-13-25/h5-17,21-24,30-32,35,46-47H,18-20H2,1-4H3,(H2,41,48)(H,42,50)(H,43,49)(H,44,52)(H,45,51)/t30-,31-,32-,35-/m1/s1. The second-order valence-corrected chi connectivity index (χ2v) is 13.7. The van der Waals surface area contributed by atoms with E-state index in [1.165, 1.54) is 18.2 Å². The fourth-order valence-electron chi connectivity index (χ4n) is 5.87. The Kier molecular flexibility index (Phi) is 13.3. The van der Waals surface area contributed by atoms with Crippen LogP contribution >= 0.6 is 0 Å². The molecule has 0 fully saturated rings. The van der Waals surface area contributed by atoms with Crippen LogP contribution in [0.4, 0.5) is 0 Å². The smallest absolute Gasteiger partial charge is 0.255 e. The van der Waals surface area contributed by atoms with E-state index in [2.05, 4.69) is 21.3 Å². The molecule has 0 bridgehead atoms. The number of nitrogens with one attached hydrogen (secondary N) is 4.